The maximum absolute atomic E-state index is 12.7. The number of benzene rings is 1. The van der Waals surface area contributed by atoms with Gasteiger partial charge in [0, 0.05) is 6.20 Å². The van der Waals surface area contributed by atoms with Crippen molar-refractivity contribution in [3.05, 3.63) is 54.0 Å². The molecule has 0 aliphatic carbocycles. The number of nitrogens with zero attached hydrogens (tertiary/aromatic N) is 1. The topological polar surface area (TPSA) is 59.1 Å². The lowest BCUT2D eigenvalue weighted by Gasteiger charge is -2.07. The molecule has 0 atom stereocenters. The van der Waals surface area contributed by atoms with Gasteiger partial charge in [0.1, 0.15) is 11.6 Å². The van der Waals surface area contributed by atoms with Gasteiger partial charge in [0.2, 0.25) is 0 Å². The SMILES string of the molecule is Cc1ccnc(NS(=O)(=O)c2ccc(F)cc2)c1. The molecule has 0 radical (unpaired) electrons. The molecular weight excluding hydrogens is 255 g/mol. The first-order valence-electron chi connectivity index (χ1n) is 5.18. The molecule has 0 saturated carbocycles. The second kappa shape index (κ2) is 4.73. The standard InChI is InChI=1S/C12H11FN2O2S/c1-9-6-7-14-12(8-9)15-18(16,17)11-4-2-10(13)3-5-11/h2-8H,1H3,(H,14,15). The molecule has 2 rings (SSSR count). The summed E-state index contributed by atoms with van der Waals surface area (Å²) >= 11 is 0. The second-order valence-corrected chi connectivity index (χ2v) is 5.46. The van der Waals surface area contributed by atoms with Crippen LogP contribution in [0.4, 0.5) is 10.2 Å². The quantitative estimate of drug-likeness (QED) is 0.927. The summed E-state index contributed by atoms with van der Waals surface area (Å²) in [6, 6.07) is 7.97. The number of sulfonamides is 1. The van der Waals surface area contributed by atoms with Crippen molar-refractivity contribution in [2.24, 2.45) is 0 Å². The monoisotopic (exact) mass is 266 g/mol. The summed E-state index contributed by atoms with van der Waals surface area (Å²) in [5.41, 5.74) is 0.891. The van der Waals surface area contributed by atoms with Gasteiger partial charge in [-0.3, -0.25) is 4.72 Å². The molecule has 1 aromatic heterocycles. The van der Waals surface area contributed by atoms with E-state index in [9.17, 15) is 12.8 Å². The Morgan fingerprint density at radius 1 is 1.17 bits per heavy atom. The first-order chi connectivity index (χ1) is 8.47. The molecule has 0 saturated heterocycles. The lowest BCUT2D eigenvalue weighted by atomic mass is 10.3. The average Bonchev–Trinajstić information content (AvgIpc) is 2.29. The zero-order chi connectivity index (χ0) is 13.2. The summed E-state index contributed by atoms with van der Waals surface area (Å²) in [5, 5.41) is 0. The van der Waals surface area contributed by atoms with Crippen LogP contribution in [0.15, 0.2) is 47.5 Å². The Bertz CT molecular complexity index is 654. The maximum Gasteiger partial charge on any atom is 0.263 e. The van der Waals surface area contributed by atoms with Crippen molar-refractivity contribution in [2.75, 3.05) is 4.72 Å². The molecule has 0 aliphatic heterocycles. The molecule has 18 heavy (non-hydrogen) atoms. The number of aromatic nitrogens is 1. The van der Waals surface area contributed by atoms with Gasteiger partial charge in [-0.05, 0) is 48.9 Å². The van der Waals surface area contributed by atoms with E-state index >= 15 is 0 Å². The van der Waals surface area contributed by atoms with Gasteiger partial charge in [-0.15, -0.1) is 0 Å². The molecule has 4 nitrogen and oxygen atoms in total. The minimum Gasteiger partial charge on any atom is -0.263 e. The van der Waals surface area contributed by atoms with Gasteiger partial charge in [-0.1, -0.05) is 0 Å². The summed E-state index contributed by atoms with van der Waals surface area (Å²) < 4.78 is 39.0. The smallest absolute Gasteiger partial charge is 0.263 e. The van der Waals surface area contributed by atoms with E-state index in [0.717, 1.165) is 17.7 Å². The van der Waals surface area contributed by atoms with Crippen molar-refractivity contribution in [2.45, 2.75) is 11.8 Å². The van der Waals surface area contributed by atoms with Crippen LogP contribution in [0.1, 0.15) is 5.56 Å². The highest BCUT2D eigenvalue weighted by molar-refractivity contribution is 7.92. The van der Waals surface area contributed by atoms with E-state index in [0.29, 0.717) is 0 Å². The van der Waals surface area contributed by atoms with Gasteiger partial charge in [0.25, 0.3) is 10.0 Å². The van der Waals surface area contributed by atoms with Crippen LogP contribution in [0.3, 0.4) is 0 Å². The Hall–Kier alpha value is -1.95. The Balaban J connectivity index is 2.30. The van der Waals surface area contributed by atoms with E-state index in [1.807, 2.05) is 6.92 Å². The van der Waals surface area contributed by atoms with E-state index in [1.165, 1.54) is 18.3 Å². The fraction of sp³-hybridized carbons (Fsp3) is 0.0833. The van der Waals surface area contributed by atoms with Gasteiger partial charge < -0.3 is 0 Å². The Morgan fingerprint density at radius 3 is 2.44 bits per heavy atom. The number of pyridine rings is 1. The molecule has 2 aromatic rings. The van der Waals surface area contributed by atoms with Crippen molar-refractivity contribution in [1.29, 1.82) is 0 Å². The number of anilines is 1. The molecule has 0 fully saturated rings. The lowest BCUT2D eigenvalue weighted by molar-refractivity contribution is 0.599. The molecular formula is C12H11FN2O2S. The minimum absolute atomic E-state index is 0.00722. The summed E-state index contributed by atoms with van der Waals surface area (Å²) in [6.45, 7) is 1.83. The van der Waals surface area contributed by atoms with E-state index in [2.05, 4.69) is 9.71 Å². The van der Waals surface area contributed by atoms with Gasteiger partial charge in [0.05, 0.1) is 4.90 Å². The van der Waals surface area contributed by atoms with Crippen LogP contribution in [0, 0.1) is 12.7 Å². The number of hydrogen-bond acceptors (Lipinski definition) is 3. The molecule has 1 aromatic carbocycles. The molecule has 1 heterocycles. The third kappa shape index (κ3) is 2.84. The van der Waals surface area contributed by atoms with Crippen molar-refractivity contribution in [1.82, 2.24) is 4.98 Å². The van der Waals surface area contributed by atoms with Crippen LogP contribution < -0.4 is 4.72 Å². The Morgan fingerprint density at radius 2 is 1.83 bits per heavy atom. The van der Waals surface area contributed by atoms with Crippen LogP contribution in [0.2, 0.25) is 0 Å². The number of halogens is 1. The maximum atomic E-state index is 12.7. The van der Waals surface area contributed by atoms with Crippen LogP contribution in [0.25, 0.3) is 0 Å². The summed E-state index contributed by atoms with van der Waals surface area (Å²) in [7, 11) is -3.73. The number of rotatable bonds is 3. The largest absolute Gasteiger partial charge is 0.263 e. The lowest BCUT2D eigenvalue weighted by Crippen LogP contribution is -2.13. The van der Waals surface area contributed by atoms with E-state index in [-0.39, 0.29) is 10.7 Å². The molecule has 0 bridgehead atoms. The molecule has 6 heteroatoms. The average molecular weight is 266 g/mol. The molecule has 0 spiro atoms. The van der Waals surface area contributed by atoms with E-state index < -0.39 is 15.8 Å². The summed E-state index contributed by atoms with van der Waals surface area (Å²) in [5.74, 6) is -0.248. The molecule has 0 unspecified atom stereocenters. The Kier molecular flexibility index (Phi) is 3.29. The van der Waals surface area contributed by atoms with Gasteiger partial charge in [-0.2, -0.15) is 0 Å². The fourth-order valence-electron chi connectivity index (χ4n) is 1.40. The van der Waals surface area contributed by atoms with Gasteiger partial charge in [-0.25, -0.2) is 17.8 Å². The summed E-state index contributed by atoms with van der Waals surface area (Å²) in [6.07, 6.45) is 1.51. The first-order valence-corrected chi connectivity index (χ1v) is 6.67. The second-order valence-electron chi connectivity index (χ2n) is 3.78. The number of hydrogen-bond donors (Lipinski definition) is 1. The van der Waals surface area contributed by atoms with Crippen LogP contribution >= 0.6 is 0 Å². The fourth-order valence-corrected chi connectivity index (χ4v) is 2.40. The highest BCUT2D eigenvalue weighted by atomic mass is 32.2. The zero-order valence-corrected chi connectivity index (χ0v) is 10.4. The molecule has 0 aliphatic rings. The Labute approximate surface area is 105 Å². The molecule has 1 N–H and O–H groups in total. The van der Waals surface area contributed by atoms with Crippen molar-refractivity contribution >= 4 is 15.8 Å². The van der Waals surface area contributed by atoms with Gasteiger partial charge in [0.15, 0.2) is 0 Å². The van der Waals surface area contributed by atoms with Crippen molar-refractivity contribution in [3.63, 3.8) is 0 Å². The van der Waals surface area contributed by atoms with Gasteiger partial charge >= 0.3 is 0 Å². The van der Waals surface area contributed by atoms with E-state index in [4.69, 9.17) is 0 Å². The predicted molar refractivity (Wildman–Crippen MR) is 66.2 cm³/mol. The molecule has 0 amide bonds. The van der Waals surface area contributed by atoms with Crippen molar-refractivity contribution < 1.29 is 12.8 Å². The van der Waals surface area contributed by atoms with E-state index in [1.54, 1.807) is 12.1 Å². The highest BCUT2D eigenvalue weighted by Gasteiger charge is 2.14. The predicted octanol–water partition coefficient (Wildman–Crippen LogP) is 2.33. The summed E-state index contributed by atoms with van der Waals surface area (Å²) in [4.78, 5) is 3.90. The number of nitrogens with one attached hydrogen (secondary N) is 1. The normalized spacial score (nSPS) is 11.2. The van der Waals surface area contributed by atoms with Crippen LogP contribution in [-0.2, 0) is 10.0 Å². The van der Waals surface area contributed by atoms with Crippen LogP contribution in [0.5, 0.6) is 0 Å². The molecule has 94 valence electrons. The zero-order valence-electron chi connectivity index (χ0n) is 9.59. The van der Waals surface area contributed by atoms with Crippen molar-refractivity contribution in [3.8, 4) is 0 Å². The first kappa shape index (κ1) is 12.5. The van der Waals surface area contributed by atoms with Crippen LogP contribution in [-0.4, -0.2) is 13.4 Å². The minimum atomic E-state index is -3.73. The third-order valence-corrected chi connectivity index (χ3v) is 3.65. The number of aryl methyl sites for hydroxylation is 1. The highest BCUT2D eigenvalue weighted by Crippen LogP contribution is 2.15. The third-order valence-electron chi connectivity index (χ3n) is 2.28.